The van der Waals surface area contributed by atoms with Crippen LogP contribution in [0.1, 0.15) is 0 Å². The van der Waals surface area contributed by atoms with Crippen molar-refractivity contribution in [3.63, 3.8) is 0 Å². The molecule has 0 aromatic heterocycles. The van der Waals surface area contributed by atoms with E-state index in [-0.39, 0.29) is 63.1 Å². The van der Waals surface area contributed by atoms with Crippen molar-refractivity contribution in [2.75, 3.05) is 11.0 Å². The van der Waals surface area contributed by atoms with Crippen LogP contribution in [0, 0.1) is 10.1 Å². The third-order valence-electron chi connectivity index (χ3n) is 5.47. The molecule has 0 atom stereocenters. The van der Waals surface area contributed by atoms with Crippen molar-refractivity contribution in [2.24, 2.45) is 10.2 Å². The molecule has 18 heteroatoms. The third kappa shape index (κ3) is 7.07. The molecule has 0 fully saturated rings. The second-order valence-electron chi connectivity index (χ2n) is 8.27. The van der Waals surface area contributed by atoms with Gasteiger partial charge in [0.1, 0.15) is 16.3 Å². The summed E-state index contributed by atoms with van der Waals surface area (Å²) in [4.78, 5) is 8.73. The summed E-state index contributed by atoms with van der Waals surface area (Å²) < 4.78 is 85.2. The summed E-state index contributed by atoms with van der Waals surface area (Å²) >= 11 is 0. The number of hydrogen-bond acceptors (Lipinski definition) is 11. The summed E-state index contributed by atoms with van der Waals surface area (Å²) in [6.45, 7) is 0. The molecule has 0 spiro atoms. The molecule has 14 nitrogen and oxygen atoms in total. The number of sulfone groups is 1. The normalized spacial score (nSPS) is 12.2. The van der Waals surface area contributed by atoms with Crippen LogP contribution in [0.2, 0.25) is 0 Å². The van der Waals surface area contributed by atoms with E-state index in [1.807, 2.05) is 0 Å². The number of phenols is 1. The minimum absolute atomic E-state index is 0. The minimum atomic E-state index is -4.69. The number of nitrogens with zero attached hydrogens (tertiary/aromatic N) is 3. The summed E-state index contributed by atoms with van der Waals surface area (Å²) in [6, 6.07) is 13.7. The van der Waals surface area contributed by atoms with E-state index in [0.717, 1.165) is 48.7 Å². The van der Waals surface area contributed by atoms with E-state index >= 15 is 0 Å². The molecular formula is C23H19N4NaO10S3. The van der Waals surface area contributed by atoms with Crippen molar-refractivity contribution in [3.8, 4) is 5.75 Å². The van der Waals surface area contributed by atoms with Crippen molar-refractivity contribution in [2.45, 2.75) is 14.7 Å². The van der Waals surface area contributed by atoms with Crippen molar-refractivity contribution in [3.05, 3.63) is 82.9 Å². The van der Waals surface area contributed by atoms with Crippen LogP contribution in [-0.2, 0) is 30.0 Å². The molecule has 3 N–H and O–H groups in total. The average Bonchev–Trinajstić information content (AvgIpc) is 2.87. The van der Waals surface area contributed by atoms with Crippen LogP contribution in [-0.4, -0.2) is 75.6 Å². The maximum atomic E-state index is 13.1. The molecule has 4 aromatic carbocycles. The van der Waals surface area contributed by atoms with Crippen LogP contribution in [0.25, 0.3) is 10.8 Å². The Labute approximate surface area is 255 Å². The zero-order valence-electron chi connectivity index (χ0n) is 20.2. The third-order valence-corrected chi connectivity index (χ3v) is 8.81. The monoisotopic (exact) mass is 630 g/mol. The van der Waals surface area contributed by atoms with Crippen LogP contribution in [0.15, 0.2) is 97.7 Å². The number of hydrogen-bond donors (Lipinski definition) is 3. The van der Waals surface area contributed by atoms with Crippen molar-refractivity contribution in [1.29, 1.82) is 0 Å². The van der Waals surface area contributed by atoms with Gasteiger partial charge in [0.15, 0.2) is 9.84 Å². The number of fused-ring (bicyclic) bond motifs is 1. The molecule has 0 amide bonds. The second kappa shape index (κ2) is 11.8. The Hall–Kier alpha value is -3.45. The first-order chi connectivity index (χ1) is 18.6. The predicted molar refractivity (Wildman–Crippen MR) is 150 cm³/mol. The number of aromatic hydroxyl groups is 1. The quantitative estimate of drug-likeness (QED) is 0.0842. The maximum absolute atomic E-state index is 13.1. The van der Waals surface area contributed by atoms with Gasteiger partial charge < -0.3 is 5.11 Å². The number of non-ortho nitro benzene ring substituents is 1. The molecule has 0 saturated carbocycles. The topological polar surface area (TPSA) is 223 Å². The van der Waals surface area contributed by atoms with Crippen molar-refractivity contribution in [1.82, 2.24) is 0 Å². The summed E-state index contributed by atoms with van der Waals surface area (Å²) in [5.41, 5.74) is -0.833. The Morgan fingerprint density at radius 2 is 1.44 bits per heavy atom. The number of nitrogens with one attached hydrogen (secondary N) is 1. The Bertz CT molecular complexity index is 2050. The Kier molecular flexibility index (Phi) is 9.23. The molecule has 0 aliphatic carbocycles. The second-order valence-corrected chi connectivity index (χ2v) is 13.4. The number of benzene rings is 4. The van der Waals surface area contributed by atoms with Crippen molar-refractivity contribution < 1.29 is 39.8 Å². The first-order valence-corrected chi connectivity index (χ1v) is 15.6. The molecule has 0 saturated heterocycles. The van der Waals surface area contributed by atoms with Crippen LogP contribution < -0.4 is 4.72 Å². The molecule has 0 heterocycles. The van der Waals surface area contributed by atoms with Gasteiger partial charge in [-0.3, -0.25) is 19.4 Å². The first kappa shape index (κ1) is 32.1. The number of anilines is 1. The fourth-order valence-electron chi connectivity index (χ4n) is 3.65. The number of rotatable bonds is 8. The van der Waals surface area contributed by atoms with Gasteiger partial charge >= 0.3 is 29.6 Å². The molecule has 0 aliphatic rings. The summed E-state index contributed by atoms with van der Waals surface area (Å²) in [6.07, 6.45) is 0.838. The predicted octanol–water partition coefficient (Wildman–Crippen LogP) is 3.67. The van der Waals surface area contributed by atoms with E-state index in [1.165, 1.54) is 30.3 Å². The van der Waals surface area contributed by atoms with Gasteiger partial charge in [-0.1, -0.05) is 18.2 Å². The Morgan fingerprint density at radius 1 is 0.829 bits per heavy atom. The van der Waals surface area contributed by atoms with E-state index in [9.17, 15) is 45.0 Å². The van der Waals surface area contributed by atoms with Gasteiger partial charge in [0, 0.05) is 29.2 Å². The molecule has 4 aromatic rings. The van der Waals surface area contributed by atoms with Crippen LogP contribution in [0.5, 0.6) is 5.75 Å². The van der Waals surface area contributed by atoms with Crippen LogP contribution in [0.3, 0.4) is 0 Å². The van der Waals surface area contributed by atoms with Crippen LogP contribution >= 0.6 is 0 Å². The molecule has 210 valence electrons. The fourth-order valence-corrected chi connectivity index (χ4v) is 6.19. The van der Waals surface area contributed by atoms with Gasteiger partial charge in [-0.2, -0.15) is 8.42 Å². The van der Waals surface area contributed by atoms with Gasteiger partial charge in [0.25, 0.3) is 25.8 Å². The Balaban J connectivity index is 0.00000462. The molecule has 0 aliphatic heterocycles. The standard InChI is InChI=1S/C23H18N4O10S3.Na.H/c1-38(31,32)22-12-14(27(29)30)8-9-18(22)24-25-19-10-11-21(28)17-6-3-7-20(23(17)19)26-39(33,34)15-4-2-5-16(13-15)40(35,36)37;;/h2-13,26,28H,1H3,(H,35,36,37);;. The summed E-state index contributed by atoms with van der Waals surface area (Å²) in [5.74, 6) is -0.254. The van der Waals surface area contributed by atoms with Gasteiger partial charge in [-0.25, -0.2) is 16.8 Å². The number of phenolic OH excluding ortho intramolecular Hbond substituents is 1. The fraction of sp³-hybridized carbons (Fsp3) is 0.0435. The first-order valence-electron chi connectivity index (χ1n) is 10.8. The summed E-state index contributed by atoms with van der Waals surface area (Å²) in [7, 11) is -13.1. The van der Waals surface area contributed by atoms with Gasteiger partial charge in [0.05, 0.1) is 26.1 Å². The summed E-state index contributed by atoms with van der Waals surface area (Å²) in [5, 5.41) is 29.6. The van der Waals surface area contributed by atoms with Gasteiger partial charge in [-0.15, -0.1) is 10.2 Å². The van der Waals surface area contributed by atoms with Gasteiger partial charge in [0.2, 0.25) is 0 Å². The number of azo groups is 1. The van der Waals surface area contributed by atoms with Crippen LogP contribution in [0.4, 0.5) is 22.7 Å². The van der Waals surface area contributed by atoms with E-state index in [1.54, 1.807) is 0 Å². The zero-order chi connectivity index (χ0) is 29.5. The molecule has 41 heavy (non-hydrogen) atoms. The van der Waals surface area contributed by atoms with E-state index < -0.39 is 55.3 Å². The molecule has 0 unspecified atom stereocenters. The molecular weight excluding hydrogens is 611 g/mol. The average molecular weight is 631 g/mol. The molecule has 0 bridgehead atoms. The SMILES string of the molecule is CS(=O)(=O)c1cc([N+](=O)[O-])ccc1N=Nc1ccc(O)c2cccc(NS(=O)(=O)c3cccc(S(=O)(=O)O)c3)c12.[NaH]. The zero-order valence-corrected chi connectivity index (χ0v) is 22.6. The Morgan fingerprint density at radius 3 is 2.07 bits per heavy atom. The van der Waals surface area contributed by atoms with E-state index in [0.29, 0.717) is 0 Å². The van der Waals surface area contributed by atoms with E-state index in [2.05, 4.69) is 15.0 Å². The van der Waals surface area contributed by atoms with Crippen molar-refractivity contribution >= 4 is 93.1 Å². The number of nitro groups is 1. The van der Waals surface area contributed by atoms with E-state index in [4.69, 9.17) is 0 Å². The number of sulfonamides is 1. The molecule has 4 rings (SSSR count). The number of nitro benzene ring substituents is 1. The van der Waals surface area contributed by atoms with Gasteiger partial charge in [-0.05, 0) is 42.5 Å². The molecule has 0 radical (unpaired) electrons.